The molecular weight excluding hydrogens is 456 g/mol. The van der Waals surface area contributed by atoms with Crippen LogP contribution in [0.15, 0.2) is 70.8 Å². The number of benzene rings is 1. The molecular formula is C29H40N2O3S. The van der Waals surface area contributed by atoms with E-state index in [1.807, 2.05) is 37.3 Å². The summed E-state index contributed by atoms with van der Waals surface area (Å²) in [5, 5.41) is 0. The van der Waals surface area contributed by atoms with Crippen molar-refractivity contribution in [1.29, 1.82) is 0 Å². The number of nitrogens with zero attached hydrogens (tertiary/aromatic N) is 2. The van der Waals surface area contributed by atoms with Gasteiger partial charge in [0.05, 0.1) is 11.3 Å². The molecule has 1 fully saturated rings. The first-order chi connectivity index (χ1) is 16.5. The average molecular weight is 497 g/mol. The van der Waals surface area contributed by atoms with Crippen molar-refractivity contribution in [1.82, 2.24) is 9.13 Å². The van der Waals surface area contributed by atoms with Gasteiger partial charge in [-0.05, 0) is 77.2 Å². The Kier molecular flexibility index (Phi) is 8.37. The summed E-state index contributed by atoms with van der Waals surface area (Å²) >= 11 is 0. The Morgan fingerprint density at radius 2 is 1.71 bits per heavy atom. The van der Waals surface area contributed by atoms with Crippen molar-refractivity contribution in [3.63, 3.8) is 0 Å². The van der Waals surface area contributed by atoms with Gasteiger partial charge in [0, 0.05) is 10.4 Å². The van der Waals surface area contributed by atoms with Crippen molar-refractivity contribution in [2.45, 2.75) is 70.5 Å². The average Bonchev–Trinajstić information content (AvgIpc) is 2.81. The zero-order chi connectivity index (χ0) is 25.8. The van der Waals surface area contributed by atoms with E-state index in [2.05, 4.69) is 39.9 Å². The van der Waals surface area contributed by atoms with E-state index in [9.17, 15) is 9.59 Å². The second kappa shape index (κ2) is 10.9. The SMILES string of the molecule is C=C/C=C\C(=C/C)n1c(=O)c(C2CCCCC2)c(OS(C)(C)C(C)(C)C)n(-c2ccccc2)c1=O. The van der Waals surface area contributed by atoms with Crippen LogP contribution >= 0.6 is 10.3 Å². The van der Waals surface area contributed by atoms with Crippen molar-refractivity contribution < 1.29 is 4.18 Å². The molecule has 190 valence electrons. The number of para-hydroxylation sites is 1. The number of allylic oxidation sites excluding steroid dienone is 5. The lowest BCUT2D eigenvalue weighted by Gasteiger charge is -2.44. The van der Waals surface area contributed by atoms with E-state index >= 15 is 0 Å². The van der Waals surface area contributed by atoms with Crippen molar-refractivity contribution in [3.8, 4) is 11.6 Å². The Hall–Kier alpha value is -2.73. The van der Waals surface area contributed by atoms with Crippen molar-refractivity contribution in [2.24, 2.45) is 0 Å². The van der Waals surface area contributed by atoms with Crippen molar-refractivity contribution in [2.75, 3.05) is 12.5 Å². The molecule has 0 bridgehead atoms. The van der Waals surface area contributed by atoms with E-state index in [-0.39, 0.29) is 16.2 Å². The van der Waals surface area contributed by atoms with Gasteiger partial charge in [0.1, 0.15) is 0 Å². The Morgan fingerprint density at radius 3 is 2.26 bits per heavy atom. The van der Waals surface area contributed by atoms with Crippen LogP contribution in [0.4, 0.5) is 0 Å². The number of aromatic nitrogens is 2. The van der Waals surface area contributed by atoms with E-state index in [1.165, 1.54) is 11.0 Å². The van der Waals surface area contributed by atoms with Crippen LogP contribution in [0.3, 0.4) is 0 Å². The van der Waals surface area contributed by atoms with E-state index in [4.69, 9.17) is 4.18 Å². The summed E-state index contributed by atoms with van der Waals surface area (Å²) in [4.78, 5) is 28.3. The first kappa shape index (κ1) is 26.9. The predicted octanol–water partition coefficient (Wildman–Crippen LogP) is 6.81. The predicted molar refractivity (Wildman–Crippen MR) is 151 cm³/mol. The molecule has 0 saturated heterocycles. The molecule has 2 aromatic rings. The molecule has 5 nitrogen and oxygen atoms in total. The molecule has 0 aliphatic heterocycles. The third-order valence-electron chi connectivity index (χ3n) is 7.00. The maximum absolute atomic E-state index is 14.2. The summed E-state index contributed by atoms with van der Waals surface area (Å²) in [5.41, 5.74) is 1.11. The molecule has 6 heteroatoms. The van der Waals surface area contributed by atoms with Crippen molar-refractivity contribution in [3.05, 3.63) is 87.6 Å². The van der Waals surface area contributed by atoms with Crippen LogP contribution in [0.25, 0.3) is 11.4 Å². The second-order valence-corrected chi connectivity index (χ2v) is 14.2. The van der Waals surface area contributed by atoms with Gasteiger partial charge in [-0.1, -0.05) is 72.6 Å². The number of hydrogen-bond acceptors (Lipinski definition) is 3. The van der Waals surface area contributed by atoms with Crippen LogP contribution in [0.1, 0.15) is 71.3 Å². The van der Waals surface area contributed by atoms with Gasteiger partial charge in [-0.2, -0.15) is 0 Å². The summed E-state index contributed by atoms with van der Waals surface area (Å²) < 4.78 is 9.58. The highest BCUT2D eigenvalue weighted by Crippen LogP contribution is 2.54. The largest absolute Gasteiger partial charge is 0.430 e. The van der Waals surface area contributed by atoms with Gasteiger partial charge in [0.25, 0.3) is 5.56 Å². The third-order valence-corrected chi connectivity index (χ3v) is 10.5. The van der Waals surface area contributed by atoms with Crippen LogP contribution in [0.2, 0.25) is 0 Å². The van der Waals surface area contributed by atoms with Gasteiger partial charge >= 0.3 is 5.69 Å². The summed E-state index contributed by atoms with van der Waals surface area (Å²) in [5.74, 6) is 0.456. The maximum atomic E-state index is 14.2. The molecule has 0 atom stereocenters. The van der Waals surface area contributed by atoms with Crippen LogP contribution in [-0.4, -0.2) is 26.4 Å². The second-order valence-electron chi connectivity index (χ2n) is 10.4. The van der Waals surface area contributed by atoms with Gasteiger partial charge in [-0.3, -0.25) is 4.79 Å². The minimum absolute atomic E-state index is 0.0460. The fourth-order valence-electron chi connectivity index (χ4n) is 4.25. The molecule has 0 spiro atoms. The summed E-state index contributed by atoms with van der Waals surface area (Å²) in [6, 6.07) is 9.50. The van der Waals surface area contributed by atoms with E-state index < -0.39 is 16.0 Å². The first-order valence-corrected chi connectivity index (χ1v) is 14.8. The molecule has 1 saturated carbocycles. The third kappa shape index (κ3) is 5.58. The molecule has 1 aromatic carbocycles. The molecule has 1 aliphatic rings. The monoisotopic (exact) mass is 496 g/mol. The lowest BCUT2D eigenvalue weighted by molar-refractivity contribution is 0.420. The Labute approximate surface area is 211 Å². The van der Waals surface area contributed by atoms with Crippen LogP contribution < -0.4 is 15.4 Å². The topological polar surface area (TPSA) is 53.2 Å². The van der Waals surface area contributed by atoms with Crippen LogP contribution in [-0.2, 0) is 0 Å². The van der Waals surface area contributed by atoms with E-state index in [1.54, 1.807) is 28.9 Å². The molecule has 35 heavy (non-hydrogen) atoms. The smallest absolute Gasteiger partial charge is 0.343 e. The summed E-state index contributed by atoms with van der Waals surface area (Å²) in [6.45, 7) is 12.0. The lowest BCUT2D eigenvalue weighted by Crippen LogP contribution is -2.43. The number of hydrogen-bond donors (Lipinski definition) is 0. The maximum Gasteiger partial charge on any atom is 0.343 e. The van der Waals surface area contributed by atoms with Gasteiger partial charge in [0.2, 0.25) is 5.88 Å². The Bertz CT molecular complexity index is 1220. The molecule has 1 heterocycles. The number of rotatable bonds is 7. The molecule has 1 aromatic heterocycles. The highest BCUT2D eigenvalue weighted by atomic mass is 32.3. The zero-order valence-corrected chi connectivity index (χ0v) is 22.9. The summed E-state index contributed by atoms with van der Waals surface area (Å²) in [6.07, 6.45) is 16.3. The van der Waals surface area contributed by atoms with E-state index in [0.29, 0.717) is 22.8 Å². The van der Waals surface area contributed by atoms with Gasteiger partial charge in [-0.25, -0.2) is 13.9 Å². The fourth-order valence-corrected chi connectivity index (χ4v) is 5.06. The van der Waals surface area contributed by atoms with Gasteiger partial charge < -0.3 is 4.18 Å². The zero-order valence-electron chi connectivity index (χ0n) is 22.0. The molecule has 3 rings (SSSR count). The molecule has 0 N–H and O–H groups in total. The molecule has 0 unspecified atom stereocenters. The minimum Gasteiger partial charge on any atom is -0.430 e. The minimum atomic E-state index is -1.68. The molecule has 1 aliphatic carbocycles. The highest BCUT2D eigenvalue weighted by Gasteiger charge is 2.36. The normalized spacial score (nSPS) is 16.5. The quantitative estimate of drug-likeness (QED) is 0.396. The Balaban J connectivity index is 2.48. The van der Waals surface area contributed by atoms with Crippen LogP contribution in [0.5, 0.6) is 5.88 Å². The van der Waals surface area contributed by atoms with Crippen LogP contribution in [0, 0.1) is 0 Å². The molecule has 0 amide bonds. The van der Waals surface area contributed by atoms with Gasteiger partial charge in [-0.15, -0.1) is 0 Å². The first-order valence-electron chi connectivity index (χ1n) is 12.4. The fraction of sp³-hybridized carbons (Fsp3) is 0.448. The summed E-state index contributed by atoms with van der Waals surface area (Å²) in [7, 11) is -1.68. The lowest BCUT2D eigenvalue weighted by atomic mass is 9.85. The van der Waals surface area contributed by atoms with Crippen molar-refractivity contribution >= 4 is 16.0 Å². The highest BCUT2D eigenvalue weighted by molar-refractivity contribution is 8.30. The standard InChI is InChI=1S/C29H40N2O3S/c1-8-10-19-23(9-2)30-26(32)25(22-17-13-11-14-18-22)27(34-35(6,7)29(3,4)5)31(28(30)33)24-20-15-12-16-21-24/h8-10,12,15-16,19-22H,1,11,13-14,17-18H2,2-7H3/b19-10-,23-9+. The molecule has 0 radical (unpaired) electrons. The Morgan fingerprint density at radius 1 is 1.09 bits per heavy atom. The van der Waals surface area contributed by atoms with Gasteiger partial charge in [0.15, 0.2) is 0 Å². The van der Waals surface area contributed by atoms with E-state index in [0.717, 1.165) is 25.7 Å².